The molecule has 5 atom stereocenters. The minimum Gasteiger partial charge on any atom is -0.444 e. The third kappa shape index (κ3) is 9.08. The van der Waals surface area contributed by atoms with Gasteiger partial charge in [-0.15, -0.1) is 0 Å². The number of sulfonamides is 1. The van der Waals surface area contributed by atoms with Crippen LogP contribution >= 0.6 is 0 Å². The molecule has 4 amide bonds. The van der Waals surface area contributed by atoms with Crippen LogP contribution < -0.4 is 15.4 Å². The molecule has 2 saturated carbocycles. The number of alkyl carbamates (subject to hydrolysis) is 1. The number of hydrogen-bond acceptors (Lipinski definition) is 8. The van der Waals surface area contributed by atoms with E-state index in [1.165, 1.54) is 4.90 Å². The Morgan fingerprint density at radius 2 is 1.63 bits per heavy atom. The number of hydrogen-bond donors (Lipinski definition) is 3. The van der Waals surface area contributed by atoms with Crippen molar-refractivity contribution in [2.45, 2.75) is 171 Å². The summed E-state index contributed by atoms with van der Waals surface area (Å²) in [5, 5.41) is 5.12. The van der Waals surface area contributed by atoms with E-state index >= 15 is 0 Å². The van der Waals surface area contributed by atoms with Gasteiger partial charge in [-0.25, -0.2) is 13.2 Å². The van der Waals surface area contributed by atoms with Crippen LogP contribution in [-0.4, -0.2) is 86.6 Å². The van der Waals surface area contributed by atoms with Gasteiger partial charge in [-0.1, -0.05) is 66.5 Å². The van der Waals surface area contributed by atoms with Crippen molar-refractivity contribution in [2.75, 3.05) is 6.54 Å². The standard InChI is InChI=1S/C35H60N4O8SSi/c1-22(2)49(23(3)4,24(5)6)47-26-19-29-30(40)37-35(32(42)38-48(44,45)27-17-18-27)20-25(35)15-13-11-10-12-14-16-28(31(41)39(29)21-26)36-33(43)46-34(7,8)9/h13,15,22-29H,10-12,14,16-21H2,1-9H3,(H,36,43)(H,37,40)(H,38,42)/b15-13-/t25-,26+,28-,29-,35+/m0/s1. The maximum absolute atomic E-state index is 14.5. The fourth-order valence-electron chi connectivity index (χ4n) is 7.99. The Bertz CT molecular complexity index is 1370. The van der Waals surface area contributed by atoms with Gasteiger partial charge in [0.25, 0.3) is 5.91 Å². The average molecular weight is 725 g/mol. The second kappa shape index (κ2) is 15.0. The first-order valence-electron chi connectivity index (χ1n) is 18.3. The van der Waals surface area contributed by atoms with E-state index in [1.807, 2.05) is 12.2 Å². The van der Waals surface area contributed by atoms with Crippen LogP contribution in [-0.2, 0) is 33.6 Å². The topological polar surface area (TPSA) is 160 Å². The summed E-state index contributed by atoms with van der Waals surface area (Å²) in [4.78, 5) is 56.9. The molecule has 0 radical (unpaired) electrons. The highest BCUT2D eigenvalue weighted by molar-refractivity contribution is 7.91. The lowest BCUT2D eigenvalue weighted by Gasteiger charge is -2.44. The predicted octanol–water partition coefficient (Wildman–Crippen LogP) is 5.04. The van der Waals surface area contributed by atoms with Gasteiger partial charge >= 0.3 is 6.09 Å². The molecule has 0 bridgehead atoms. The molecule has 0 aromatic carbocycles. The summed E-state index contributed by atoms with van der Waals surface area (Å²) in [6, 6.07) is -1.92. The van der Waals surface area contributed by atoms with Crippen LogP contribution in [0.3, 0.4) is 0 Å². The van der Waals surface area contributed by atoms with Gasteiger partial charge in [0, 0.05) is 18.9 Å². The molecule has 2 aliphatic carbocycles. The van der Waals surface area contributed by atoms with Crippen molar-refractivity contribution >= 4 is 42.2 Å². The second-order valence-corrected chi connectivity index (χ2v) is 23.9. The van der Waals surface area contributed by atoms with Crippen molar-refractivity contribution in [3.63, 3.8) is 0 Å². The number of nitrogens with one attached hydrogen (secondary N) is 3. The van der Waals surface area contributed by atoms with Crippen molar-refractivity contribution in [2.24, 2.45) is 5.92 Å². The molecule has 12 nitrogen and oxygen atoms in total. The number of amides is 4. The summed E-state index contributed by atoms with van der Waals surface area (Å²) >= 11 is 0. The van der Waals surface area contributed by atoms with E-state index in [0.717, 1.165) is 19.3 Å². The number of carbonyl (C=O) groups is 4. The van der Waals surface area contributed by atoms with Crippen LogP contribution in [0, 0.1) is 5.92 Å². The number of fused-ring (bicyclic) bond motifs is 2. The van der Waals surface area contributed by atoms with E-state index in [-0.39, 0.29) is 41.9 Å². The zero-order valence-corrected chi connectivity index (χ0v) is 32.8. The smallest absolute Gasteiger partial charge is 0.408 e. The predicted molar refractivity (Wildman–Crippen MR) is 190 cm³/mol. The zero-order chi connectivity index (χ0) is 36.5. The molecule has 0 unspecified atom stereocenters. The molecule has 14 heteroatoms. The molecule has 3 fully saturated rings. The normalized spacial score (nSPS) is 29.4. The van der Waals surface area contributed by atoms with E-state index in [4.69, 9.17) is 9.16 Å². The van der Waals surface area contributed by atoms with Crippen molar-refractivity contribution in [3.8, 4) is 0 Å². The Morgan fingerprint density at radius 1 is 1.00 bits per heavy atom. The maximum Gasteiger partial charge on any atom is 0.408 e. The summed E-state index contributed by atoms with van der Waals surface area (Å²) in [6.45, 7) is 18.5. The summed E-state index contributed by atoms with van der Waals surface area (Å²) in [5.41, 5.74) is -1.39. The Hall–Kier alpha value is -2.45. The largest absolute Gasteiger partial charge is 0.444 e. The first kappa shape index (κ1) is 39.3. The highest BCUT2D eigenvalue weighted by atomic mass is 32.2. The monoisotopic (exact) mass is 724 g/mol. The summed E-state index contributed by atoms with van der Waals surface area (Å²) < 4.78 is 40.4. The Morgan fingerprint density at radius 3 is 2.20 bits per heavy atom. The minimum absolute atomic E-state index is 0.156. The molecular formula is C35H60N4O8SSi. The van der Waals surface area contributed by atoms with Crippen LogP contribution in [0.2, 0.25) is 16.6 Å². The Kier molecular flexibility index (Phi) is 12.1. The van der Waals surface area contributed by atoms with E-state index in [1.54, 1.807) is 20.8 Å². The molecule has 2 aliphatic heterocycles. The van der Waals surface area contributed by atoms with E-state index < -0.39 is 76.7 Å². The van der Waals surface area contributed by atoms with Crippen LogP contribution in [0.15, 0.2) is 12.2 Å². The number of allylic oxidation sites excluding steroid dienone is 1. The first-order valence-corrected chi connectivity index (χ1v) is 21.9. The molecular weight excluding hydrogens is 665 g/mol. The molecule has 1 saturated heterocycles. The Balaban J connectivity index is 1.69. The molecule has 4 rings (SSSR count). The summed E-state index contributed by atoms with van der Waals surface area (Å²) in [5.74, 6) is -2.06. The van der Waals surface area contributed by atoms with Crippen molar-refractivity contribution in [1.82, 2.24) is 20.3 Å². The molecule has 2 heterocycles. The fraction of sp³-hybridized carbons (Fsp3) is 0.829. The van der Waals surface area contributed by atoms with E-state index in [2.05, 4.69) is 56.9 Å². The van der Waals surface area contributed by atoms with Crippen molar-refractivity contribution < 1.29 is 36.8 Å². The summed E-state index contributed by atoms with van der Waals surface area (Å²) in [6.07, 6.45) is 7.59. The molecule has 3 N–H and O–H groups in total. The highest BCUT2D eigenvalue weighted by Crippen LogP contribution is 2.47. The van der Waals surface area contributed by atoms with Crippen molar-refractivity contribution in [1.29, 1.82) is 0 Å². The lowest BCUT2D eigenvalue weighted by molar-refractivity contribution is -0.141. The molecule has 4 aliphatic rings. The number of carbonyl (C=O) groups excluding carboxylic acids is 4. The second-order valence-electron chi connectivity index (χ2n) is 16.5. The highest BCUT2D eigenvalue weighted by Gasteiger charge is 2.62. The molecule has 278 valence electrons. The first-order chi connectivity index (χ1) is 22.7. The van der Waals surface area contributed by atoms with Crippen LogP contribution in [0.5, 0.6) is 0 Å². The van der Waals surface area contributed by atoms with Gasteiger partial charge in [-0.3, -0.25) is 19.1 Å². The third-order valence-corrected chi connectivity index (χ3v) is 18.6. The van der Waals surface area contributed by atoms with Gasteiger partial charge in [-0.2, -0.15) is 0 Å². The summed E-state index contributed by atoms with van der Waals surface area (Å²) in [7, 11) is -6.27. The van der Waals surface area contributed by atoms with Gasteiger partial charge in [0.15, 0.2) is 0 Å². The fourth-order valence-corrected chi connectivity index (χ4v) is 14.9. The minimum atomic E-state index is -3.85. The van der Waals surface area contributed by atoms with Crippen LogP contribution in [0.25, 0.3) is 0 Å². The SMILES string of the molecule is CC(C)[Si](O[C@@H]1C[C@H]2C(=O)N[C@]3(C(=O)NS(=O)(=O)C4CC4)C[C@@H]3/C=C\CCCCC[C@H](NC(=O)OC(C)(C)C)C(=O)N2C1)(C(C)C)C(C)C. The lowest BCUT2D eigenvalue weighted by Crippen LogP contribution is -2.58. The van der Waals surface area contributed by atoms with Gasteiger partial charge in [-0.05, 0) is 75.9 Å². The number of nitrogens with zero attached hydrogens (tertiary/aromatic N) is 1. The molecule has 0 aromatic rings. The quantitative estimate of drug-likeness (QED) is 0.220. The zero-order valence-electron chi connectivity index (χ0n) is 31.0. The third-order valence-electron chi connectivity index (χ3n) is 10.6. The van der Waals surface area contributed by atoms with Gasteiger partial charge in [0.2, 0.25) is 30.2 Å². The number of rotatable bonds is 9. The number of ether oxygens (including phenoxy) is 1. The van der Waals surface area contributed by atoms with E-state index in [0.29, 0.717) is 25.7 Å². The van der Waals surface area contributed by atoms with Crippen LogP contribution in [0.4, 0.5) is 4.79 Å². The van der Waals surface area contributed by atoms with Gasteiger partial charge < -0.3 is 24.7 Å². The van der Waals surface area contributed by atoms with Gasteiger partial charge in [0.1, 0.15) is 23.2 Å². The molecule has 49 heavy (non-hydrogen) atoms. The molecule has 0 spiro atoms. The van der Waals surface area contributed by atoms with Crippen LogP contribution in [0.1, 0.15) is 120 Å². The lowest BCUT2D eigenvalue weighted by atomic mass is 10.0. The molecule has 0 aromatic heterocycles. The van der Waals surface area contributed by atoms with E-state index in [9.17, 15) is 27.6 Å². The maximum atomic E-state index is 14.5. The average Bonchev–Trinajstić information content (AvgIpc) is 3.89. The van der Waals surface area contributed by atoms with Crippen molar-refractivity contribution in [3.05, 3.63) is 12.2 Å². The Labute approximate surface area is 294 Å². The van der Waals surface area contributed by atoms with Gasteiger partial charge in [0.05, 0.1) is 11.4 Å².